The van der Waals surface area contributed by atoms with Crippen molar-refractivity contribution in [3.05, 3.63) is 24.3 Å². The Kier molecular flexibility index (Phi) is 7.42. The predicted molar refractivity (Wildman–Crippen MR) is 64.2 cm³/mol. The van der Waals surface area contributed by atoms with Crippen molar-refractivity contribution >= 4 is 12.4 Å². The van der Waals surface area contributed by atoms with E-state index in [1.807, 2.05) is 0 Å². The Balaban J connectivity index is 0.00000180. The average molecular weight is 298 g/mol. The molecule has 0 bridgehead atoms. The minimum Gasteiger partial charge on any atom is -0.494 e. The van der Waals surface area contributed by atoms with Crippen LogP contribution >= 0.6 is 0 Å². The molecule has 0 N–H and O–H groups in total. The Bertz CT molecular complexity index is 395. The number of halogens is 3. The third kappa shape index (κ3) is 5.77. The van der Waals surface area contributed by atoms with Crippen LogP contribution < -0.4 is 61.6 Å². The van der Waals surface area contributed by atoms with E-state index < -0.39 is 12.4 Å². The van der Waals surface area contributed by atoms with Crippen LogP contribution in [-0.4, -0.2) is 26.3 Å². The Hall–Kier alpha value is 0.471. The summed E-state index contributed by atoms with van der Waals surface area (Å²) < 4.78 is 48.3. The first-order valence-electron chi connectivity index (χ1n) is 6.10. The molecule has 1 atom stereocenters. The van der Waals surface area contributed by atoms with E-state index in [9.17, 15) is 12.9 Å². The molecule has 0 aromatic heterocycles. The Morgan fingerprint density at radius 1 is 1.32 bits per heavy atom. The van der Waals surface area contributed by atoms with Gasteiger partial charge >= 0.3 is 58.4 Å². The van der Waals surface area contributed by atoms with Crippen molar-refractivity contribution in [2.75, 3.05) is 13.2 Å². The minimum absolute atomic E-state index is 0. The molecule has 0 aliphatic carbocycles. The molecule has 1 unspecified atom stereocenters. The molecule has 0 spiro atoms. The van der Waals surface area contributed by atoms with Gasteiger partial charge < -0.3 is 22.4 Å². The second-order valence-electron chi connectivity index (χ2n) is 4.42. The van der Waals surface area contributed by atoms with Gasteiger partial charge in [-0.05, 0) is 25.0 Å². The summed E-state index contributed by atoms with van der Waals surface area (Å²) in [6, 6.07) is 5.02. The summed E-state index contributed by atoms with van der Waals surface area (Å²) in [5.74, 6) is 0.268. The van der Waals surface area contributed by atoms with Crippen LogP contribution in [0.15, 0.2) is 24.3 Å². The van der Waals surface area contributed by atoms with E-state index in [1.54, 1.807) is 6.07 Å². The molecule has 2 rings (SSSR count). The van der Waals surface area contributed by atoms with E-state index in [-0.39, 0.29) is 63.2 Å². The molecule has 0 saturated carbocycles. The van der Waals surface area contributed by atoms with Crippen molar-refractivity contribution in [2.45, 2.75) is 25.4 Å². The molecule has 1 aliphatic rings. The third-order valence-electron chi connectivity index (χ3n) is 2.97. The smallest absolute Gasteiger partial charge is 0.494 e. The summed E-state index contributed by atoms with van der Waals surface area (Å²) in [4.78, 5) is 0. The number of ether oxygens (including phenoxy) is 2. The predicted octanol–water partition coefficient (Wildman–Crippen LogP) is -0.307. The Morgan fingerprint density at radius 2 is 2.11 bits per heavy atom. The van der Waals surface area contributed by atoms with Crippen LogP contribution in [0, 0.1) is 0 Å². The molecule has 0 radical (unpaired) electrons. The molecule has 0 amide bonds. The van der Waals surface area contributed by atoms with E-state index in [4.69, 9.17) is 9.47 Å². The van der Waals surface area contributed by atoms with Gasteiger partial charge in [-0.15, -0.1) is 5.46 Å². The van der Waals surface area contributed by atoms with Crippen molar-refractivity contribution in [1.29, 1.82) is 0 Å². The number of hydrogen-bond donors (Lipinski definition) is 0. The van der Waals surface area contributed by atoms with Crippen molar-refractivity contribution in [3.63, 3.8) is 0 Å². The Labute approximate surface area is 153 Å². The van der Waals surface area contributed by atoms with Crippen LogP contribution in [0.2, 0.25) is 0 Å². The SMILES string of the molecule is F[B-](F)(F)c1cccc(OCCC2CCCO2)c1.[K+]. The maximum atomic E-state index is 12.5. The van der Waals surface area contributed by atoms with Crippen LogP contribution in [-0.2, 0) is 4.74 Å². The zero-order chi connectivity index (χ0) is 13.0. The van der Waals surface area contributed by atoms with Gasteiger partial charge in [-0.3, -0.25) is 0 Å². The van der Waals surface area contributed by atoms with E-state index in [1.165, 1.54) is 6.07 Å². The van der Waals surface area contributed by atoms with Crippen molar-refractivity contribution in [2.24, 2.45) is 0 Å². The number of benzene rings is 1. The molecule has 1 fully saturated rings. The summed E-state index contributed by atoms with van der Waals surface area (Å²) in [6.07, 6.45) is 2.98. The second-order valence-corrected chi connectivity index (χ2v) is 4.42. The topological polar surface area (TPSA) is 18.5 Å². The fraction of sp³-hybridized carbons (Fsp3) is 0.500. The summed E-state index contributed by atoms with van der Waals surface area (Å²) in [6.45, 7) is -3.80. The monoisotopic (exact) mass is 298 g/mol. The zero-order valence-electron chi connectivity index (χ0n) is 11.0. The molecule has 1 aromatic rings. The van der Waals surface area contributed by atoms with Crippen molar-refractivity contribution < 1.29 is 73.8 Å². The summed E-state index contributed by atoms with van der Waals surface area (Å²) in [7, 11) is 0. The second kappa shape index (κ2) is 8.05. The van der Waals surface area contributed by atoms with E-state index >= 15 is 0 Å². The van der Waals surface area contributed by atoms with Crippen LogP contribution in [0.1, 0.15) is 19.3 Å². The quantitative estimate of drug-likeness (QED) is 0.695. The summed E-state index contributed by atoms with van der Waals surface area (Å²) >= 11 is 0. The normalized spacial score (nSPS) is 19.0. The zero-order valence-corrected chi connectivity index (χ0v) is 14.1. The summed E-state index contributed by atoms with van der Waals surface area (Å²) in [5.41, 5.74) is -0.621. The van der Waals surface area contributed by atoms with Gasteiger partial charge in [0.25, 0.3) is 0 Å². The van der Waals surface area contributed by atoms with Gasteiger partial charge in [-0.1, -0.05) is 12.1 Å². The van der Waals surface area contributed by atoms with Gasteiger partial charge in [0.1, 0.15) is 5.75 Å². The minimum atomic E-state index is -4.96. The molecule has 100 valence electrons. The molecule has 1 aliphatic heterocycles. The first-order chi connectivity index (χ1) is 8.55. The molecule has 19 heavy (non-hydrogen) atoms. The van der Waals surface area contributed by atoms with Gasteiger partial charge in [-0.2, -0.15) is 0 Å². The molecule has 1 aromatic carbocycles. The van der Waals surface area contributed by atoms with Gasteiger partial charge in [0, 0.05) is 13.0 Å². The van der Waals surface area contributed by atoms with Crippen molar-refractivity contribution in [1.82, 2.24) is 0 Å². The van der Waals surface area contributed by atoms with Gasteiger partial charge in [0.2, 0.25) is 0 Å². The maximum absolute atomic E-state index is 12.5. The van der Waals surface area contributed by atoms with E-state index in [0.29, 0.717) is 6.61 Å². The fourth-order valence-electron chi connectivity index (χ4n) is 1.99. The van der Waals surface area contributed by atoms with Gasteiger partial charge in [-0.25, -0.2) is 0 Å². The third-order valence-corrected chi connectivity index (χ3v) is 2.97. The first kappa shape index (κ1) is 17.5. The standard InChI is InChI=1S/C12H15BF3O2.K/c14-13(15,16)10-3-1-4-12(9-10)18-8-6-11-5-2-7-17-11;/h1,3-4,9,11H,2,5-8H2;/q-1;+1. The number of hydrogen-bond acceptors (Lipinski definition) is 2. The fourth-order valence-corrected chi connectivity index (χ4v) is 1.99. The van der Waals surface area contributed by atoms with Gasteiger partial charge in [0.15, 0.2) is 0 Å². The largest absolute Gasteiger partial charge is 1.00 e. The molecular formula is C12H15BF3KO2. The molecular weight excluding hydrogens is 283 g/mol. The van der Waals surface area contributed by atoms with Crippen LogP contribution in [0.5, 0.6) is 5.75 Å². The molecule has 1 saturated heterocycles. The average Bonchev–Trinajstić information content (AvgIpc) is 2.81. The van der Waals surface area contributed by atoms with Crippen LogP contribution in [0.4, 0.5) is 12.9 Å². The molecule has 7 heteroatoms. The van der Waals surface area contributed by atoms with Crippen LogP contribution in [0.3, 0.4) is 0 Å². The van der Waals surface area contributed by atoms with Crippen LogP contribution in [0.25, 0.3) is 0 Å². The maximum Gasteiger partial charge on any atom is 1.00 e. The van der Waals surface area contributed by atoms with E-state index in [2.05, 4.69) is 0 Å². The Morgan fingerprint density at radius 3 is 2.74 bits per heavy atom. The first-order valence-corrected chi connectivity index (χ1v) is 6.10. The summed E-state index contributed by atoms with van der Waals surface area (Å²) in [5, 5.41) is 0. The van der Waals surface area contributed by atoms with E-state index in [0.717, 1.165) is 38.0 Å². The molecule has 1 heterocycles. The molecule has 2 nitrogen and oxygen atoms in total. The van der Waals surface area contributed by atoms with Crippen molar-refractivity contribution in [3.8, 4) is 5.75 Å². The van der Waals surface area contributed by atoms with Gasteiger partial charge in [0.05, 0.1) is 12.7 Å². The number of rotatable bonds is 5.